The molecule has 2 aliphatic rings. The summed E-state index contributed by atoms with van der Waals surface area (Å²) in [6, 6.07) is 0. The third-order valence-corrected chi connectivity index (χ3v) is 4.70. The highest BCUT2D eigenvalue weighted by molar-refractivity contribution is 6.05. The SMILES string of the molecule is CCC1CC2C(=O)N(CC(C)(C)C(=O)OC)C(=O)C2C1. The Morgan fingerprint density at radius 3 is 2.15 bits per heavy atom. The molecule has 0 aromatic heterocycles. The highest BCUT2D eigenvalue weighted by atomic mass is 16.5. The standard InChI is InChI=1S/C15H23NO4/c1-5-9-6-10-11(7-9)13(18)16(12(10)17)8-15(2,3)14(19)20-4/h9-11H,5-8H2,1-4H3. The van der Waals surface area contributed by atoms with Crippen molar-refractivity contribution in [3.05, 3.63) is 0 Å². The van der Waals surface area contributed by atoms with Crippen molar-refractivity contribution in [2.24, 2.45) is 23.2 Å². The van der Waals surface area contributed by atoms with Crippen LogP contribution in [0.1, 0.15) is 40.0 Å². The summed E-state index contributed by atoms with van der Waals surface area (Å²) < 4.78 is 4.74. The van der Waals surface area contributed by atoms with Crippen LogP contribution in [0.25, 0.3) is 0 Å². The first kappa shape index (κ1) is 15.0. The zero-order valence-electron chi connectivity index (χ0n) is 12.6. The first-order valence-electron chi connectivity index (χ1n) is 7.25. The number of hydrogen-bond acceptors (Lipinski definition) is 4. The Morgan fingerprint density at radius 2 is 1.75 bits per heavy atom. The van der Waals surface area contributed by atoms with Crippen molar-refractivity contribution in [3.8, 4) is 0 Å². The lowest BCUT2D eigenvalue weighted by Gasteiger charge is -2.27. The Kier molecular flexibility index (Phi) is 3.89. The van der Waals surface area contributed by atoms with Gasteiger partial charge in [-0.25, -0.2) is 0 Å². The van der Waals surface area contributed by atoms with E-state index >= 15 is 0 Å². The van der Waals surface area contributed by atoms with E-state index in [1.165, 1.54) is 12.0 Å². The molecule has 0 spiro atoms. The fourth-order valence-electron chi connectivity index (χ4n) is 3.42. The summed E-state index contributed by atoms with van der Waals surface area (Å²) in [4.78, 5) is 37.8. The number of hydrogen-bond donors (Lipinski definition) is 0. The van der Waals surface area contributed by atoms with Crippen molar-refractivity contribution < 1.29 is 19.1 Å². The van der Waals surface area contributed by atoms with E-state index in [2.05, 4.69) is 6.92 Å². The highest BCUT2D eigenvalue weighted by Crippen LogP contribution is 2.44. The quantitative estimate of drug-likeness (QED) is 0.580. The summed E-state index contributed by atoms with van der Waals surface area (Å²) in [6.45, 7) is 5.60. The van der Waals surface area contributed by atoms with Crippen LogP contribution in [0, 0.1) is 23.2 Å². The number of esters is 1. The molecule has 1 aliphatic heterocycles. The van der Waals surface area contributed by atoms with Gasteiger partial charge in [-0.05, 0) is 32.6 Å². The van der Waals surface area contributed by atoms with Crippen LogP contribution in [0.4, 0.5) is 0 Å². The Hall–Kier alpha value is -1.39. The van der Waals surface area contributed by atoms with Gasteiger partial charge in [0.1, 0.15) is 0 Å². The van der Waals surface area contributed by atoms with Gasteiger partial charge in [-0.15, -0.1) is 0 Å². The summed E-state index contributed by atoms with van der Waals surface area (Å²) >= 11 is 0. The third-order valence-electron chi connectivity index (χ3n) is 4.70. The number of methoxy groups -OCH3 is 1. The van der Waals surface area contributed by atoms with Gasteiger partial charge in [-0.3, -0.25) is 19.3 Å². The predicted molar refractivity (Wildman–Crippen MR) is 72.5 cm³/mol. The zero-order chi connectivity index (χ0) is 15.1. The fourth-order valence-corrected chi connectivity index (χ4v) is 3.42. The summed E-state index contributed by atoms with van der Waals surface area (Å²) in [5, 5.41) is 0. The van der Waals surface area contributed by atoms with Crippen LogP contribution < -0.4 is 0 Å². The molecule has 0 radical (unpaired) electrons. The van der Waals surface area contributed by atoms with Gasteiger partial charge < -0.3 is 4.74 Å². The van der Waals surface area contributed by atoms with E-state index in [9.17, 15) is 14.4 Å². The normalized spacial score (nSPS) is 29.8. The molecule has 1 saturated heterocycles. The van der Waals surface area contributed by atoms with Crippen LogP contribution in [-0.2, 0) is 19.1 Å². The van der Waals surface area contributed by atoms with E-state index in [4.69, 9.17) is 4.74 Å². The first-order chi connectivity index (χ1) is 9.31. The maximum atomic E-state index is 12.4. The van der Waals surface area contributed by atoms with E-state index in [-0.39, 0.29) is 30.2 Å². The van der Waals surface area contributed by atoms with E-state index < -0.39 is 11.4 Å². The summed E-state index contributed by atoms with van der Waals surface area (Å²) in [5.41, 5.74) is -0.858. The first-order valence-corrected chi connectivity index (χ1v) is 7.25. The number of likely N-dealkylation sites (tertiary alicyclic amines) is 1. The van der Waals surface area contributed by atoms with Gasteiger partial charge in [-0.2, -0.15) is 0 Å². The summed E-state index contributed by atoms with van der Waals surface area (Å²) in [6.07, 6.45) is 2.63. The molecule has 2 rings (SSSR count). The minimum absolute atomic E-state index is 0.104. The second kappa shape index (κ2) is 5.19. The Morgan fingerprint density at radius 1 is 1.25 bits per heavy atom. The summed E-state index contributed by atoms with van der Waals surface area (Å²) in [5.74, 6) is -0.460. The molecule has 2 amide bonds. The van der Waals surface area contributed by atoms with Crippen molar-refractivity contribution in [1.29, 1.82) is 0 Å². The number of fused-ring (bicyclic) bond motifs is 1. The van der Waals surface area contributed by atoms with Crippen molar-refractivity contribution in [1.82, 2.24) is 4.90 Å². The molecular weight excluding hydrogens is 258 g/mol. The predicted octanol–water partition coefficient (Wildman–Crippen LogP) is 1.61. The van der Waals surface area contributed by atoms with Crippen LogP contribution in [0.5, 0.6) is 0 Å². The number of nitrogens with zero attached hydrogens (tertiary/aromatic N) is 1. The van der Waals surface area contributed by atoms with Gasteiger partial charge in [0.15, 0.2) is 0 Å². The molecule has 5 heteroatoms. The number of imide groups is 1. The van der Waals surface area contributed by atoms with E-state index in [1.54, 1.807) is 13.8 Å². The Labute approximate surface area is 119 Å². The topological polar surface area (TPSA) is 63.7 Å². The zero-order valence-corrected chi connectivity index (χ0v) is 12.6. The minimum Gasteiger partial charge on any atom is -0.469 e. The third kappa shape index (κ3) is 2.34. The maximum absolute atomic E-state index is 12.4. The van der Waals surface area contributed by atoms with Crippen LogP contribution in [0.2, 0.25) is 0 Å². The smallest absolute Gasteiger partial charge is 0.313 e. The average Bonchev–Trinajstić information content (AvgIpc) is 2.93. The number of rotatable bonds is 4. The summed E-state index contributed by atoms with van der Waals surface area (Å²) in [7, 11) is 1.32. The molecule has 0 aromatic rings. The van der Waals surface area contributed by atoms with Gasteiger partial charge in [0, 0.05) is 6.54 Å². The molecule has 0 bridgehead atoms. The number of ether oxygens (including phenoxy) is 1. The number of carbonyl (C=O) groups excluding carboxylic acids is 3. The monoisotopic (exact) mass is 281 g/mol. The lowest BCUT2D eigenvalue weighted by atomic mass is 9.92. The number of amides is 2. The van der Waals surface area contributed by atoms with E-state index in [1.807, 2.05) is 0 Å². The van der Waals surface area contributed by atoms with Crippen LogP contribution in [0.3, 0.4) is 0 Å². The van der Waals surface area contributed by atoms with Crippen molar-refractivity contribution in [2.75, 3.05) is 13.7 Å². The molecule has 20 heavy (non-hydrogen) atoms. The highest BCUT2D eigenvalue weighted by Gasteiger charge is 2.53. The maximum Gasteiger partial charge on any atom is 0.313 e. The molecule has 2 atom stereocenters. The Bertz CT molecular complexity index is 419. The van der Waals surface area contributed by atoms with Crippen molar-refractivity contribution in [3.63, 3.8) is 0 Å². The van der Waals surface area contributed by atoms with Crippen molar-refractivity contribution in [2.45, 2.75) is 40.0 Å². The van der Waals surface area contributed by atoms with Crippen LogP contribution >= 0.6 is 0 Å². The van der Waals surface area contributed by atoms with Gasteiger partial charge >= 0.3 is 5.97 Å². The average molecular weight is 281 g/mol. The molecule has 1 aliphatic carbocycles. The van der Waals surface area contributed by atoms with Gasteiger partial charge in [-0.1, -0.05) is 13.3 Å². The molecule has 0 aromatic carbocycles. The minimum atomic E-state index is -0.858. The lowest BCUT2D eigenvalue weighted by Crippen LogP contribution is -2.43. The Balaban J connectivity index is 2.11. The van der Waals surface area contributed by atoms with E-state index in [0.717, 1.165) is 19.3 Å². The lowest BCUT2D eigenvalue weighted by molar-refractivity contribution is -0.154. The molecule has 2 unspecified atom stereocenters. The molecule has 112 valence electrons. The van der Waals surface area contributed by atoms with Crippen LogP contribution in [-0.4, -0.2) is 36.3 Å². The van der Waals surface area contributed by atoms with Crippen LogP contribution in [0.15, 0.2) is 0 Å². The van der Waals surface area contributed by atoms with Gasteiger partial charge in [0.2, 0.25) is 11.8 Å². The largest absolute Gasteiger partial charge is 0.469 e. The molecule has 5 nitrogen and oxygen atoms in total. The molecule has 1 heterocycles. The second-order valence-corrected chi connectivity index (χ2v) is 6.60. The van der Waals surface area contributed by atoms with Gasteiger partial charge in [0.25, 0.3) is 0 Å². The second-order valence-electron chi connectivity index (χ2n) is 6.60. The van der Waals surface area contributed by atoms with Crippen molar-refractivity contribution >= 4 is 17.8 Å². The molecule has 0 N–H and O–H groups in total. The molecule has 1 saturated carbocycles. The molecule has 2 fully saturated rings. The number of carbonyl (C=O) groups is 3. The molecular formula is C15H23NO4. The fraction of sp³-hybridized carbons (Fsp3) is 0.800. The van der Waals surface area contributed by atoms with Gasteiger partial charge in [0.05, 0.1) is 24.4 Å². The van der Waals surface area contributed by atoms with E-state index in [0.29, 0.717) is 5.92 Å².